The van der Waals surface area contributed by atoms with Gasteiger partial charge in [-0.15, -0.1) is 0 Å². The number of rotatable bonds is 5. The van der Waals surface area contributed by atoms with Crippen LogP contribution in [0, 0.1) is 0 Å². The third kappa shape index (κ3) is 2.54. The summed E-state index contributed by atoms with van der Waals surface area (Å²) >= 11 is 0. The fraction of sp³-hybridized carbons (Fsp3) is 0.667. The second kappa shape index (κ2) is 4.99. The second-order valence-corrected chi connectivity index (χ2v) is 3.19. The molecule has 0 bridgehead atoms. The fourth-order valence-electron chi connectivity index (χ4n) is 1.42. The summed E-state index contributed by atoms with van der Waals surface area (Å²) in [6.45, 7) is 2.13. The van der Waals surface area contributed by atoms with Gasteiger partial charge in [0.05, 0.1) is 12.6 Å². The van der Waals surface area contributed by atoms with Crippen LogP contribution in [0.4, 0.5) is 0 Å². The summed E-state index contributed by atoms with van der Waals surface area (Å²) in [6, 6.07) is 1.73. The minimum atomic E-state index is -0.0880. The van der Waals surface area contributed by atoms with Crippen molar-refractivity contribution in [1.29, 1.82) is 0 Å². The third-order valence-corrected chi connectivity index (χ3v) is 2.17. The van der Waals surface area contributed by atoms with Crippen LogP contribution < -0.4 is 5.73 Å². The van der Waals surface area contributed by atoms with Crippen LogP contribution in [0.15, 0.2) is 18.5 Å². The van der Waals surface area contributed by atoms with E-state index in [1.807, 2.05) is 12.3 Å². The molecule has 0 spiro atoms. The van der Waals surface area contributed by atoms with Crippen LogP contribution >= 0.6 is 0 Å². The summed E-state index contributed by atoms with van der Waals surface area (Å²) < 4.78 is 1.72. The summed E-state index contributed by atoms with van der Waals surface area (Å²) in [6.07, 6.45) is 5.46. The lowest BCUT2D eigenvalue weighted by atomic mass is 10.1. The zero-order chi connectivity index (χ0) is 9.68. The summed E-state index contributed by atoms with van der Waals surface area (Å²) in [5, 5.41) is 13.2. The van der Waals surface area contributed by atoms with E-state index in [1.165, 1.54) is 0 Å². The smallest absolute Gasteiger partial charge is 0.0900 e. The quantitative estimate of drug-likeness (QED) is 0.700. The van der Waals surface area contributed by atoms with E-state index in [0.717, 1.165) is 12.8 Å². The highest BCUT2D eigenvalue weighted by Crippen LogP contribution is 2.11. The van der Waals surface area contributed by atoms with Crippen LogP contribution in [0.3, 0.4) is 0 Å². The molecule has 1 rings (SSSR count). The van der Waals surface area contributed by atoms with Gasteiger partial charge in [-0.3, -0.25) is 4.68 Å². The normalized spacial score (nSPS) is 15.6. The molecule has 4 nitrogen and oxygen atoms in total. The molecule has 0 amide bonds. The minimum Gasteiger partial charge on any atom is -0.394 e. The Hall–Kier alpha value is -0.870. The molecule has 2 unspecified atom stereocenters. The molecule has 0 fully saturated rings. The van der Waals surface area contributed by atoms with Crippen molar-refractivity contribution in [1.82, 2.24) is 9.78 Å². The van der Waals surface area contributed by atoms with Gasteiger partial charge in [0.1, 0.15) is 0 Å². The third-order valence-electron chi connectivity index (χ3n) is 2.17. The Balaban J connectivity index is 2.62. The number of nitrogens with two attached hydrogens (primary N) is 1. The molecule has 13 heavy (non-hydrogen) atoms. The second-order valence-electron chi connectivity index (χ2n) is 3.19. The van der Waals surface area contributed by atoms with E-state index in [0.29, 0.717) is 0 Å². The average Bonchev–Trinajstić information content (AvgIpc) is 2.59. The van der Waals surface area contributed by atoms with Gasteiger partial charge in [-0.1, -0.05) is 13.3 Å². The predicted molar refractivity (Wildman–Crippen MR) is 51.2 cm³/mol. The zero-order valence-corrected chi connectivity index (χ0v) is 7.93. The molecule has 4 heteroatoms. The number of nitrogens with zero attached hydrogens (tertiary/aromatic N) is 2. The first-order valence-corrected chi connectivity index (χ1v) is 4.65. The molecule has 2 atom stereocenters. The van der Waals surface area contributed by atoms with E-state index in [9.17, 15) is 0 Å². The van der Waals surface area contributed by atoms with Crippen molar-refractivity contribution in [2.45, 2.75) is 31.8 Å². The summed E-state index contributed by atoms with van der Waals surface area (Å²) in [7, 11) is 0. The maximum atomic E-state index is 9.15. The highest BCUT2D eigenvalue weighted by molar-refractivity contribution is 4.85. The Bertz CT molecular complexity index is 223. The largest absolute Gasteiger partial charge is 0.394 e. The van der Waals surface area contributed by atoms with Crippen molar-refractivity contribution in [2.24, 2.45) is 5.73 Å². The van der Waals surface area contributed by atoms with Gasteiger partial charge in [0.25, 0.3) is 0 Å². The highest BCUT2D eigenvalue weighted by Gasteiger charge is 2.17. The Kier molecular flexibility index (Phi) is 3.92. The Labute approximate surface area is 78.4 Å². The lowest BCUT2D eigenvalue weighted by Gasteiger charge is -2.21. The number of hydrogen-bond acceptors (Lipinski definition) is 3. The fourth-order valence-corrected chi connectivity index (χ4v) is 1.42. The molecule has 0 radical (unpaired) electrons. The van der Waals surface area contributed by atoms with Gasteiger partial charge in [-0.2, -0.15) is 5.10 Å². The van der Waals surface area contributed by atoms with Crippen LogP contribution in [0.25, 0.3) is 0 Å². The molecular formula is C9H17N3O. The van der Waals surface area contributed by atoms with Crippen LogP contribution in [0.2, 0.25) is 0 Å². The molecule has 0 aromatic carbocycles. The first-order valence-electron chi connectivity index (χ1n) is 4.65. The molecule has 1 aromatic heterocycles. The van der Waals surface area contributed by atoms with Crippen molar-refractivity contribution >= 4 is 0 Å². The molecule has 0 aliphatic heterocycles. The summed E-state index contributed by atoms with van der Waals surface area (Å²) in [5.41, 5.74) is 5.91. The lowest BCUT2D eigenvalue weighted by molar-refractivity contribution is 0.192. The monoisotopic (exact) mass is 183 g/mol. The van der Waals surface area contributed by atoms with E-state index in [4.69, 9.17) is 10.8 Å². The Morgan fingerprint density at radius 3 is 2.85 bits per heavy atom. The van der Waals surface area contributed by atoms with E-state index >= 15 is 0 Å². The number of aliphatic hydroxyl groups excluding tert-OH is 1. The minimum absolute atomic E-state index is 0.0186. The molecule has 1 aromatic rings. The van der Waals surface area contributed by atoms with Crippen LogP contribution in [-0.4, -0.2) is 27.5 Å². The molecule has 0 saturated heterocycles. The van der Waals surface area contributed by atoms with Gasteiger partial charge < -0.3 is 10.8 Å². The van der Waals surface area contributed by atoms with Crippen molar-refractivity contribution in [3.05, 3.63) is 18.5 Å². The van der Waals surface area contributed by atoms with Crippen LogP contribution in [0.5, 0.6) is 0 Å². The predicted octanol–water partition coefficient (Wildman–Crippen LogP) is 0.544. The molecule has 0 aliphatic rings. The van der Waals surface area contributed by atoms with Crippen LogP contribution in [-0.2, 0) is 0 Å². The van der Waals surface area contributed by atoms with E-state index in [2.05, 4.69) is 12.0 Å². The maximum Gasteiger partial charge on any atom is 0.0900 e. The van der Waals surface area contributed by atoms with Crippen molar-refractivity contribution in [2.75, 3.05) is 6.61 Å². The Morgan fingerprint density at radius 2 is 2.38 bits per heavy atom. The van der Waals surface area contributed by atoms with Gasteiger partial charge in [0.2, 0.25) is 0 Å². The van der Waals surface area contributed by atoms with Gasteiger partial charge in [-0.05, 0) is 12.5 Å². The number of aliphatic hydroxyl groups is 1. The number of hydrogen-bond donors (Lipinski definition) is 2. The maximum absolute atomic E-state index is 9.15. The summed E-state index contributed by atoms with van der Waals surface area (Å²) in [5.74, 6) is 0. The molecule has 0 saturated carbocycles. The van der Waals surface area contributed by atoms with Gasteiger partial charge in [0.15, 0.2) is 0 Å². The standard InChI is InChI=1S/C9H17N3O/c1-2-4-8(10)9(7-13)12-6-3-5-11-12/h3,5-6,8-9,13H,2,4,7,10H2,1H3. The molecule has 1 heterocycles. The van der Waals surface area contributed by atoms with E-state index in [-0.39, 0.29) is 18.7 Å². The molecule has 74 valence electrons. The van der Waals surface area contributed by atoms with Crippen molar-refractivity contribution in [3.63, 3.8) is 0 Å². The first-order chi connectivity index (χ1) is 6.29. The lowest BCUT2D eigenvalue weighted by Crippen LogP contribution is -2.34. The topological polar surface area (TPSA) is 64.1 Å². The Morgan fingerprint density at radius 1 is 1.62 bits per heavy atom. The zero-order valence-electron chi connectivity index (χ0n) is 7.93. The molecule has 3 N–H and O–H groups in total. The van der Waals surface area contributed by atoms with E-state index in [1.54, 1.807) is 10.9 Å². The van der Waals surface area contributed by atoms with Crippen LogP contribution in [0.1, 0.15) is 25.8 Å². The molecular weight excluding hydrogens is 166 g/mol. The van der Waals surface area contributed by atoms with Crippen molar-refractivity contribution < 1.29 is 5.11 Å². The number of aromatic nitrogens is 2. The van der Waals surface area contributed by atoms with Crippen molar-refractivity contribution in [3.8, 4) is 0 Å². The SMILES string of the molecule is CCCC(N)C(CO)n1cccn1. The first kappa shape index (κ1) is 10.2. The molecule has 0 aliphatic carbocycles. The van der Waals surface area contributed by atoms with Gasteiger partial charge >= 0.3 is 0 Å². The average molecular weight is 183 g/mol. The summed E-state index contributed by atoms with van der Waals surface area (Å²) in [4.78, 5) is 0. The van der Waals surface area contributed by atoms with Gasteiger partial charge in [0, 0.05) is 18.4 Å². The van der Waals surface area contributed by atoms with E-state index < -0.39 is 0 Å². The van der Waals surface area contributed by atoms with Gasteiger partial charge in [-0.25, -0.2) is 0 Å². The highest BCUT2D eigenvalue weighted by atomic mass is 16.3.